The molecule has 1 fully saturated rings. The van der Waals surface area contributed by atoms with Crippen molar-refractivity contribution in [3.05, 3.63) is 11.6 Å². The summed E-state index contributed by atoms with van der Waals surface area (Å²) in [7, 11) is 0. The van der Waals surface area contributed by atoms with Crippen molar-refractivity contribution in [2.75, 3.05) is 0 Å². The summed E-state index contributed by atoms with van der Waals surface area (Å²) in [6.45, 7) is 1.62. The number of nitrogens with zero attached hydrogens (tertiary/aromatic N) is 1. The Morgan fingerprint density at radius 3 is 2.67 bits per heavy atom. The van der Waals surface area contributed by atoms with Crippen LogP contribution in [0.25, 0.3) is 0 Å². The molecule has 0 aliphatic carbocycles. The Balaban J connectivity index is 2.93. The molecule has 2 amide bonds. The number of carbonyl (C=O) groups excluding carboxylic acids is 2. The molecule has 6 heteroatoms. The molecule has 1 saturated heterocycles. The van der Waals surface area contributed by atoms with E-state index < -0.39 is 24.0 Å². The first kappa shape index (κ1) is 11.4. The fourth-order valence-electron chi connectivity index (χ4n) is 1.34. The molecule has 1 atom stereocenters. The molecule has 0 radical (unpaired) electrons. The van der Waals surface area contributed by atoms with Crippen LogP contribution in [0.4, 0.5) is 0 Å². The molecular weight excluding hydrogens is 202 g/mol. The van der Waals surface area contributed by atoms with E-state index in [0.717, 1.165) is 0 Å². The van der Waals surface area contributed by atoms with Gasteiger partial charge in [0, 0.05) is 11.6 Å². The van der Waals surface area contributed by atoms with Crippen molar-refractivity contribution in [3.8, 4) is 0 Å². The molecule has 0 aromatic heterocycles. The lowest BCUT2D eigenvalue weighted by atomic mass is 10.2. The van der Waals surface area contributed by atoms with E-state index in [-0.39, 0.29) is 18.4 Å². The van der Waals surface area contributed by atoms with Gasteiger partial charge in [0.05, 0.1) is 6.42 Å². The number of hydrogen-bond acceptors (Lipinski definition) is 4. The minimum absolute atomic E-state index is 0.0972. The SMILES string of the molecule is CCC(O)N1C(=O)C/C(=C\C(=O)O)C1=O. The summed E-state index contributed by atoms with van der Waals surface area (Å²) in [4.78, 5) is 33.8. The molecule has 1 rings (SSSR count). The summed E-state index contributed by atoms with van der Waals surface area (Å²) in [5.41, 5.74) is -0.0972. The molecule has 0 saturated carbocycles. The Morgan fingerprint density at radius 2 is 2.20 bits per heavy atom. The van der Waals surface area contributed by atoms with Gasteiger partial charge in [0.1, 0.15) is 6.23 Å². The van der Waals surface area contributed by atoms with Crippen LogP contribution in [-0.2, 0) is 14.4 Å². The quantitative estimate of drug-likeness (QED) is 0.486. The zero-order valence-corrected chi connectivity index (χ0v) is 8.14. The number of aliphatic hydroxyl groups excluding tert-OH is 1. The molecule has 1 unspecified atom stereocenters. The van der Waals surface area contributed by atoms with Crippen molar-refractivity contribution in [1.29, 1.82) is 0 Å². The summed E-state index contributed by atoms with van der Waals surface area (Å²) in [6.07, 6.45) is -0.521. The number of aliphatic carboxylic acids is 1. The van der Waals surface area contributed by atoms with E-state index >= 15 is 0 Å². The Kier molecular flexibility index (Phi) is 3.21. The molecular formula is C9H11NO5. The highest BCUT2D eigenvalue weighted by Crippen LogP contribution is 2.21. The Hall–Kier alpha value is -1.69. The van der Waals surface area contributed by atoms with Crippen LogP contribution in [0.3, 0.4) is 0 Å². The van der Waals surface area contributed by atoms with Crippen LogP contribution in [0, 0.1) is 0 Å². The van der Waals surface area contributed by atoms with E-state index in [0.29, 0.717) is 11.0 Å². The summed E-state index contributed by atoms with van der Waals surface area (Å²) in [6, 6.07) is 0. The number of carboxylic acids is 1. The lowest BCUT2D eigenvalue weighted by molar-refractivity contribution is -0.148. The number of carboxylic acid groups (broad SMARTS) is 1. The fourth-order valence-corrected chi connectivity index (χ4v) is 1.34. The second-order valence-corrected chi connectivity index (χ2v) is 3.14. The third-order valence-electron chi connectivity index (χ3n) is 2.06. The van der Waals surface area contributed by atoms with E-state index in [1.54, 1.807) is 6.92 Å². The van der Waals surface area contributed by atoms with Crippen LogP contribution >= 0.6 is 0 Å². The summed E-state index contributed by atoms with van der Waals surface area (Å²) in [5.74, 6) is -2.57. The number of hydrogen-bond donors (Lipinski definition) is 2. The van der Waals surface area contributed by atoms with Crippen molar-refractivity contribution in [2.24, 2.45) is 0 Å². The molecule has 0 aromatic rings. The monoisotopic (exact) mass is 213 g/mol. The van der Waals surface area contributed by atoms with Crippen LogP contribution < -0.4 is 0 Å². The molecule has 2 N–H and O–H groups in total. The highest BCUT2D eigenvalue weighted by molar-refractivity contribution is 6.15. The van der Waals surface area contributed by atoms with Crippen molar-refractivity contribution < 1.29 is 24.6 Å². The molecule has 6 nitrogen and oxygen atoms in total. The molecule has 0 bridgehead atoms. The van der Waals surface area contributed by atoms with Crippen LogP contribution in [0.1, 0.15) is 19.8 Å². The van der Waals surface area contributed by atoms with Gasteiger partial charge in [-0.3, -0.25) is 14.5 Å². The third-order valence-corrected chi connectivity index (χ3v) is 2.06. The highest BCUT2D eigenvalue weighted by Gasteiger charge is 2.37. The topological polar surface area (TPSA) is 94.9 Å². The summed E-state index contributed by atoms with van der Waals surface area (Å²) >= 11 is 0. The molecule has 1 aliphatic rings. The zero-order valence-electron chi connectivity index (χ0n) is 8.14. The van der Waals surface area contributed by atoms with Gasteiger partial charge in [-0.05, 0) is 6.42 Å². The zero-order chi connectivity index (χ0) is 11.6. The Morgan fingerprint density at radius 1 is 1.60 bits per heavy atom. The molecule has 82 valence electrons. The number of amides is 2. The second-order valence-electron chi connectivity index (χ2n) is 3.14. The van der Waals surface area contributed by atoms with Gasteiger partial charge in [0.2, 0.25) is 5.91 Å². The van der Waals surface area contributed by atoms with Crippen LogP contribution in [0.2, 0.25) is 0 Å². The highest BCUT2D eigenvalue weighted by atomic mass is 16.4. The maximum atomic E-state index is 11.5. The minimum atomic E-state index is -1.28. The van der Waals surface area contributed by atoms with Gasteiger partial charge in [0.25, 0.3) is 5.91 Å². The number of aliphatic hydroxyl groups is 1. The maximum absolute atomic E-state index is 11.5. The van der Waals surface area contributed by atoms with E-state index in [9.17, 15) is 19.5 Å². The van der Waals surface area contributed by atoms with Gasteiger partial charge in [-0.25, -0.2) is 4.79 Å². The molecule has 15 heavy (non-hydrogen) atoms. The van der Waals surface area contributed by atoms with Gasteiger partial charge in [-0.15, -0.1) is 0 Å². The van der Waals surface area contributed by atoms with Crippen molar-refractivity contribution in [3.63, 3.8) is 0 Å². The lowest BCUT2D eigenvalue weighted by Gasteiger charge is -2.18. The normalized spacial score (nSPS) is 21.2. The fraction of sp³-hybridized carbons (Fsp3) is 0.444. The Bertz CT molecular complexity index is 346. The maximum Gasteiger partial charge on any atom is 0.328 e. The summed E-state index contributed by atoms with van der Waals surface area (Å²) < 4.78 is 0. The van der Waals surface area contributed by atoms with Crippen LogP contribution in [0.15, 0.2) is 11.6 Å². The largest absolute Gasteiger partial charge is 0.478 e. The second kappa shape index (κ2) is 4.22. The smallest absolute Gasteiger partial charge is 0.328 e. The Labute approximate surface area is 85.8 Å². The molecule has 0 aromatic carbocycles. The van der Waals surface area contributed by atoms with Gasteiger partial charge >= 0.3 is 5.97 Å². The first-order chi connectivity index (χ1) is 6.97. The predicted octanol–water partition coefficient (Wildman–Crippen LogP) is -0.515. The van der Waals surface area contributed by atoms with Gasteiger partial charge in [-0.2, -0.15) is 0 Å². The van der Waals surface area contributed by atoms with E-state index in [2.05, 4.69) is 0 Å². The van der Waals surface area contributed by atoms with Gasteiger partial charge in [0.15, 0.2) is 0 Å². The van der Waals surface area contributed by atoms with Crippen molar-refractivity contribution in [1.82, 2.24) is 4.90 Å². The molecule has 0 spiro atoms. The number of imide groups is 1. The standard InChI is InChI=1S/C9H11NO5/c1-2-6(11)10-7(12)3-5(9(10)15)4-8(13)14/h4,6,11H,2-3H2,1H3,(H,13,14)/b5-4+. The molecule has 1 aliphatic heterocycles. The lowest BCUT2D eigenvalue weighted by Crippen LogP contribution is -2.39. The number of rotatable bonds is 3. The predicted molar refractivity (Wildman–Crippen MR) is 48.5 cm³/mol. The van der Waals surface area contributed by atoms with E-state index in [1.807, 2.05) is 0 Å². The van der Waals surface area contributed by atoms with Crippen molar-refractivity contribution >= 4 is 17.8 Å². The first-order valence-electron chi connectivity index (χ1n) is 4.45. The average molecular weight is 213 g/mol. The minimum Gasteiger partial charge on any atom is -0.478 e. The molecule has 1 heterocycles. The first-order valence-corrected chi connectivity index (χ1v) is 4.45. The van der Waals surface area contributed by atoms with Crippen LogP contribution in [-0.4, -0.2) is 39.1 Å². The number of carbonyl (C=O) groups is 3. The van der Waals surface area contributed by atoms with Gasteiger partial charge in [-0.1, -0.05) is 6.92 Å². The van der Waals surface area contributed by atoms with Gasteiger partial charge < -0.3 is 10.2 Å². The van der Waals surface area contributed by atoms with E-state index in [1.165, 1.54) is 0 Å². The van der Waals surface area contributed by atoms with E-state index in [4.69, 9.17) is 5.11 Å². The average Bonchev–Trinajstić information content (AvgIpc) is 2.40. The van der Waals surface area contributed by atoms with Crippen molar-refractivity contribution in [2.45, 2.75) is 26.0 Å². The third kappa shape index (κ3) is 2.21. The summed E-state index contributed by atoms with van der Waals surface area (Å²) in [5, 5.41) is 17.8. The van der Waals surface area contributed by atoms with Crippen LogP contribution in [0.5, 0.6) is 0 Å². The number of likely N-dealkylation sites (tertiary alicyclic amines) is 1.